The smallest absolute Gasteiger partial charge is 0.238 e. The van der Waals surface area contributed by atoms with E-state index >= 15 is 0 Å². The second-order valence-electron chi connectivity index (χ2n) is 9.96. The van der Waals surface area contributed by atoms with E-state index in [1.807, 2.05) is 47.2 Å². The van der Waals surface area contributed by atoms with Crippen LogP contribution in [0.3, 0.4) is 0 Å². The molecule has 0 unspecified atom stereocenters. The minimum Gasteiger partial charge on any atom is -0.485 e. The van der Waals surface area contributed by atoms with Crippen LogP contribution in [-0.4, -0.2) is 41.0 Å². The zero-order valence-corrected chi connectivity index (χ0v) is 20.1. The predicted octanol–water partition coefficient (Wildman–Crippen LogP) is 4.20. The van der Waals surface area contributed by atoms with Crippen molar-refractivity contribution in [3.05, 3.63) is 59.5 Å². The molecule has 1 aromatic carbocycles. The summed E-state index contributed by atoms with van der Waals surface area (Å²) in [6, 6.07) is 10.2. The van der Waals surface area contributed by atoms with Gasteiger partial charge in [0.25, 0.3) is 0 Å². The van der Waals surface area contributed by atoms with E-state index in [2.05, 4.69) is 11.1 Å². The summed E-state index contributed by atoms with van der Waals surface area (Å²) >= 11 is 0. The highest BCUT2D eigenvalue weighted by atomic mass is 16.5. The Hall–Kier alpha value is -3.94. The Morgan fingerprint density at radius 3 is 2.81 bits per heavy atom. The SMILES string of the molecule is C[C@H]1Oc2cc(N3CCCC3=O)ccc2-c2cnc(Cc3cnc4c(c3)N3C(=O)CC[C@H]3CO4)cc21. The van der Waals surface area contributed by atoms with Gasteiger partial charge in [-0.1, -0.05) is 0 Å². The first kappa shape index (κ1) is 21.4. The molecule has 0 radical (unpaired) electrons. The van der Waals surface area contributed by atoms with Crippen LogP contribution in [0.5, 0.6) is 11.6 Å². The number of benzene rings is 1. The number of hydrogen-bond donors (Lipinski definition) is 0. The molecule has 182 valence electrons. The monoisotopic (exact) mass is 482 g/mol. The molecule has 4 aliphatic heterocycles. The van der Waals surface area contributed by atoms with Crippen molar-refractivity contribution in [3.63, 3.8) is 0 Å². The molecule has 3 aromatic rings. The average molecular weight is 483 g/mol. The van der Waals surface area contributed by atoms with Gasteiger partial charge in [-0.05, 0) is 49.6 Å². The van der Waals surface area contributed by atoms with Crippen molar-refractivity contribution in [2.45, 2.75) is 51.2 Å². The fourth-order valence-corrected chi connectivity index (χ4v) is 5.83. The molecule has 0 saturated carbocycles. The van der Waals surface area contributed by atoms with Gasteiger partial charge in [0, 0.05) is 72.3 Å². The molecule has 7 rings (SSSR count). The van der Waals surface area contributed by atoms with Crippen LogP contribution >= 0.6 is 0 Å². The average Bonchev–Trinajstić information content (AvgIpc) is 3.49. The van der Waals surface area contributed by atoms with E-state index in [0.717, 1.165) is 64.5 Å². The Balaban J connectivity index is 1.18. The van der Waals surface area contributed by atoms with E-state index in [-0.39, 0.29) is 24.0 Å². The molecule has 2 amide bonds. The molecule has 0 spiro atoms. The second kappa shape index (κ2) is 8.05. The molecule has 8 nitrogen and oxygen atoms in total. The van der Waals surface area contributed by atoms with E-state index in [9.17, 15) is 9.59 Å². The predicted molar refractivity (Wildman–Crippen MR) is 133 cm³/mol. The van der Waals surface area contributed by atoms with E-state index in [0.29, 0.717) is 31.7 Å². The van der Waals surface area contributed by atoms with Gasteiger partial charge < -0.3 is 19.3 Å². The first-order valence-corrected chi connectivity index (χ1v) is 12.6. The van der Waals surface area contributed by atoms with Crippen molar-refractivity contribution >= 4 is 23.2 Å². The summed E-state index contributed by atoms with van der Waals surface area (Å²) in [6.07, 6.45) is 7.04. The highest BCUT2D eigenvalue weighted by molar-refractivity contribution is 5.98. The van der Waals surface area contributed by atoms with E-state index in [1.54, 1.807) is 6.20 Å². The van der Waals surface area contributed by atoms with Crippen molar-refractivity contribution in [1.82, 2.24) is 9.97 Å². The van der Waals surface area contributed by atoms with Gasteiger partial charge in [-0.2, -0.15) is 0 Å². The van der Waals surface area contributed by atoms with Crippen LogP contribution in [0.4, 0.5) is 11.4 Å². The van der Waals surface area contributed by atoms with Crippen LogP contribution < -0.4 is 19.3 Å². The van der Waals surface area contributed by atoms with Gasteiger partial charge in [-0.3, -0.25) is 14.6 Å². The van der Waals surface area contributed by atoms with Gasteiger partial charge in [0.05, 0.1) is 6.04 Å². The van der Waals surface area contributed by atoms with E-state index in [4.69, 9.17) is 14.5 Å². The summed E-state index contributed by atoms with van der Waals surface area (Å²) in [4.78, 5) is 37.6. The number of ether oxygens (including phenoxy) is 2. The summed E-state index contributed by atoms with van der Waals surface area (Å²) in [5.74, 6) is 1.61. The summed E-state index contributed by atoms with van der Waals surface area (Å²) in [5, 5.41) is 0. The lowest BCUT2D eigenvalue weighted by Crippen LogP contribution is -2.40. The number of carbonyl (C=O) groups is 2. The Morgan fingerprint density at radius 1 is 1.03 bits per heavy atom. The molecule has 36 heavy (non-hydrogen) atoms. The summed E-state index contributed by atoms with van der Waals surface area (Å²) in [5.41, 5.74) is 6.67. The van der Waals surface area contributed by atoms with Gasteiger partial charge >= 0.3 is 0 Å². The number of carbonyl (C=O) groups excluding carboxylic acids is 2. The van der Waals surface area contributed by atoms with Crippen LogP contribution in [0.1, 0.15) is 55.5 Å². The van der Waals surface area contributed by atoms with Crippen molar-refractivity contribution in [2.24, 2.45) is 0 Å². The van der Waals surface area contributed by atoms with Gasteiger partial charge in [0.2, 0.25) is 17.7 Å². The zero-order valence-electron chi connectivity index (χ0n) is 20.1. The molecule has 0 bridgehead atoms. The van der Waals surface area contributed by atoms with Crippen LogP contribution in [0.2, 0.25) is 0 Å². The molecular formula is C28H26N4O4. The van der Waals surface area contributed by atoms with Gasteiger partial charge in [-0.25, -0.2) is 4.98 Å². The quantitative estimate of drug-likeness (QED) is 0.556. The Labute approximate surface area is 208 Å². The third kappa shape index (κ3) is 3.35. The molecule has 0 aliphatic carbocycles. The molecule has 0 N–H and O–H groups in total. The number of amides is 2. The molecular weight excluding hydrogens is 456 g/mol. The van der Waals surface area contributed by atoms with Crippen molar-refractivity contribution in [1.29, 1.82) is 0 Å². The molecule has 8 heteroatoms. The summed E-state index contributed by atoms with van der Waals surface area (Å²) in [7, 11) is 0. The number of fused-ring (bicyclic) bond motifs is 6. The minimum atomic E-state index is -0.142. The number of anilines is 2. The lowest BCUT2D eigenvalue weighted by atomic mass is 9.93. The minimum absolute atomic E-state index is 0.103. The van der Waals surface area contributed by atoms with Crippen LogP contribution in [0.25, 0.3) is 11.1 Å². The fourth-order valence-electron chi connectivity index (χ4n) is 5.83. The lowest BCUT2D eigenvalue weighted by Gasteiger charge is -2.31. The molecule has 4 aliphatic rings. The van der Waals surface area contributed by atoms with Crippen molar-refractivity contribution in [2.75, 3.05) is 23.0 Å². The second-order valence-corrected chi connectivity index (χ2v) is 9.96. The van der Waals surface area contributed by atoms with E-state index < -0.39 is 0 Å². The number of hydrogen-bond acceptors (Lipinski definition) is 6. The first-order valence-electron chi connectivity index (χ1n) is 12.6. The summed E-state index contributed by atoms with van der Waals surface area (Å²) < 4.78 is 12.1. The van der Waals surface area contributed by atoms with Gasteiger partial charge in [0.15, 0.2) is 0 Å². The number of aromatic nitrogens is 2. The van der Waals surface area contributed by atoms with Gasteiger partial charge in [0.1, 0.15) is 24.1 Å². The molecule has 2 aromatic heterocycles. The molecule has 2 fully saturated rings. The molecule has 2 atom stereocenters. The van der Waals surface area contributed by atoms with Crippen molar-refractivity contribution < 1.29 is 19.1 Å². The third-order valence-corrected chi connectivity index (χ3v) is 7.65. The molecule has 2 saturated heterocycles. The fraction of sp³-hybridized carbons (Fsp3) is 0.357. The third-order valence-electron chi connectivity index (χ3n) is 7.65. The molecule has 6 heterocycles. The topological polar surface area (TPSA) is 84.9 Å². The standard InChI is InChI=1S/C28H26N4O4/c1-16-22-11-18(9-17-10-24-28(30-13-17)35-15-20-5-7-27(34)32(20)24)29-14-23(22)21-6-4-19(12-25(21)36-16)31-8-2-3-26(31)33/h4,6,10-14,16,20H,2-3,5,7-9,15H2,1H3/t16-,20+/m1/s1. The maximum Gasteiger partial charge on any atom is 0.238 e. The van der Waals surface area contributed by atoms with Crippen LogP contribution in [-0.2, 0) is 16.0 Å². The maximum absolute atomic E-state index is 12.4. The number of rotatable bonds is 3. The van der Waals surface area contributed by atoms with Crippen LogP contribution in [0, 0.1) is 0 Å². The van der Waals surface area contributed by atoms with Crippen molar-refractivity contribution in [3.8, 4) is 22.8 Å². The Bertz CT molecular complexity index is 1420. The summed E-state index contributed by atoms with van der Waals surface area (Å²) in [6.45, 7) is 3.30. The van der Waals surface area contributed by atoms with Crippen LogP contribution in [0.15, 0.2) is 42.7 Å². The highest BCUT2D eigenvalue weighted by Gasteiger charge is 2.38. The van der Waals surface area contributed by atoms with Gasteiger partial charge in [-0.15, -0.1) is 0 Å². The normalized spacial score (nSPS) is 21.9. The largest absolute Gasteiger partial charge is 0.485 e. The Kier molecular flexibility index (Phi) is 4.77. The Morgan fingerprint density at radius 2 is 1.94 bits per heavy atom. The zero-order chi connectivity index (χ0) is 24.4. The number of nitrogens with zero attached hydrogens (tertiary/aromatic N) is 4. The maximum atomic E-state index is 12.4. The first-order chi connectivity index (χ1) is 17.5. The van der Waals surface area contributed by atoms with E-state index in [1.165, 1.54) is 0 Å². The lowest BCUT2D eigenvalue weighted by molar-refractivity contribution is -0.118. The highest BCUT2D eigenvalue weighted by Crippen LogP contribution is 2.44. The number of pyridine rings is 2.